The van der Waals surface area contributed by atoms with Crippen molar-refractivity contribution >= 4 is 5.78 Å². The highest BCUT2D eigenvalue weighted by Crippen LogP contribution is 2.24. The zero-order valence-corrected chi connectivity index (χ0v) is 6.80. The second kappa shape index (κ2) is 2.41. The Hall–Kier alpha value is -1.18. The highest BCUT2D eigenvalue weighted by atomic mass is 19.1. The summed E-state index contributed by atoms with van der Waals surface area (Å²) in [6.07, 6.45) is -1.04. The van der Waals surface area contributed by atoms with Gasteiger partial charge in [0, 0.05) is 12.0 Å². The van der Waals surface area contributed by atoms with Crippen LogP contribution in [-0.4, -0.2) is 12.0 Å². The number of ketones is 1. The average molecular weight is 164 g/mol. The zero-order valence-electron chi connectivity index (χ0n) is 6.80. The number of fused-ring (bicyclic) bond motifs is 1. The molecule has 1 aliphatic carbocycles. The fourth-order valence-corrected chi connectivity index (χ4v) is 1.59. The molecule has 0 saturated carbocycles. The maximum atomic E-state index is 12.9. The normalized spacial score (nSPS) is 21.2. The van der Waals surface area contributed by atoms with Gasteiger partial charge in [-0.05, 0) is 12.5 Å². The van der Waals surface area contributed by atoms with Crippen molar-refractivity contribution < 1.29 is 9.18 Å². The molecule has 1 atom stereocenters. The fourth-order valence-electron chi connectivity index (χ4n) is 1.59. The van der Waals surface area contributed by atoms with Crippen molar-refractivity contribution in [2.75, 3.05) is 0 Å². The maximum Gasteiger partial charge on any atom is 0.197 e. The predicted octanol–water partition coefficient (Wildman–Crippen LogP) is 2.07. The van der Waals surface area contributed by atoms with Gasteiger partial charge >= 0.3 is 0 Å². The molecule has 62 valence electrons. The largest absolute Gasteiger partial charge is 0.291 e. The van der Waals surface area contributed by atoms with E-state index in [1.54, 1.807) is 6.07 Å². The van der Waals surface area contributed by atoms with E-state index < -0.39 is 6.17 Å². The van der Waals surface area contributed by atoms with Crippen LogP contribution in [0.3, 0.4) is 0 Å². The summed E-state index contributed by atoms with van der Waals surface area (Å²) in [4.78, 5) is 11.1. The summed E-state index contributed by atoms with van der Waals surface area (Å²) in [6, 6.07) is 5.44. The van der Waals surface area contributed by atoms with Gasteiger partial charge in [0.25, 0.3) is 0 Å². The zero-order chi connectivity index (χ0) is 8.72. The summed E-state index contributed by atoms with van der Waals surface area (Å²) in [5.41, 5.74) is 2.50. The molecule has 0 N–H and O–H groups in total. The molecule has 0 aromatic heterocycles. The molecule has 0 fully saturated rings. The van der Waals surface area contributed by atoms with Gasteiger partial charge in [-0.1, -0.05) is 23.8 Å². The molecule has 1 aromatic carbocycles. The Morgan fingerprint density at radius 1 is 1.50 bits per heavy atom. The first-order valence-electron chi connectivity index (χ1n) is 3.96. The number of hydrogen-bond acceptors (Lipinski definition) is 1. The lowest BCUT2D eigenvalue weighted by Gasteiger charge is -1.96. The lowest BCUT2D eigenvalue weighted by atomic mass is 10.1. The first-order chi connectivity index (χ1) is 5.68. The first-order valence-corrected chi connectivity index (χ1v) is 3.96. The summed E-state index contributed by atoms with van der Waals surface area (Å²) in [7, 11) is 0. The third-order valence-corrected chi connectivity index (χ3v) is 2.21. The van der Waals surface area contributed by atoms with Gasteiger partial charge in [-0.15, -0.1) is 0 Å². The molecule has 1 aromatic rings. The van der Waals surface area contributed by atoms with Gasteiger partial charge in [0.15, 0.2) is 12.0 Å². The van der Waals surface area contributed by atoms with Crippen LogP contribution in [-0.2, 0) is 6.42 Å². The molecule has 0 amide bonds. The number of alkyl halides is 1. The summed E-state index contributed by atoms with van der Waals surface area (Å²) in [6.45, 7) is 1.94. The van der Waals surface area contributed by atoms with E-state index in [2.05, 4.69) is 0 Å². The average Bonchev–Trinajstić information content (AvgIpc) is 2.28. The summed E-state index contributed by atoms with van der Waals surface area (Å²) in [5, 5.41) is 0. The number of benzene rings is 1. The molecule has 0 heterocycles. The number of Topliss-reactive ketones (excluding diaryl/α,β-unsaturated/α-hetero) is 1. The van der Waals surface area contributed by atoms with E-state index >= 15 is 0 Å². The molecule has 0 spiro atoms. The monoisotopic (exact) mass is 164 g/mol. The SMILES string of the molecule is Cc1ccc2c(c1)C[C@@H](F)C2=O. The highest BCUT2D eigenvalue weighted by Gasteiger charge is 2.29. The minimum absolute atomic E-state index is 0.260. The van der Waals surface area contributed by atoms with Crippen molar-refractivity contribution in [2.45, 2.75) is 19.5 Å². The Morgan fingerprint density at radius 3 is 3.00 bits per heavy atom. The van der Waals surface area contributed by atoms with E-state index in [4.69, 9.17) is 0 Å². The Kier molecular flexibility index (Phi) is 1.50. The number of halogens is 1. The Bertz CT molecular complexity index is 344. The molecule has 0 radical (unpaired) electrons. The van der Waals surface area contributed by atoms with Crippen molar-refractivity contribution in [3.8, 4) is 0 Å². The Balaban J connectivity index is 2.54. The molecule has 0 unspecified atom stereocenters. The molecule has 2 rings (SSSR count). The van der Waals surface area contributed by atoms with Crippen LogP contribution in [0, 0.1) is 6.92 Å². The van der Waals surface area contributed by atoms with Crippen LogP contribution in [0.5, 0.6) is 0 Å². The molecule has 1 aliphatic rings. The van der Waals surface area contributed by atoms with Crippen molar-refractivity contribution in [3.63, 3.8) is 0 Å². The van der Waals surface area contributed by atoms with Crippen LogP contribution in [0.1, 0.15) is 21.5 Å². The van der Waals surface area contributed by atoms with E-state index in [0.29, 0.717) is 5.56 Å². The minimum Gasteiger partial charge on any atom is -0.291 e. The quantitative estimate of drug-likeness (QED) is 0.573. The van der Waals surface area contributed by atoms with E-state index in [0.717, 1.165) is 11.1 Å². The third kappa shape index (κ3) is 0.951. The maximum absolute atomic E-state index is 12.9. The number of hydrogen-bond donors (Lipinski definition) is 0. The number of aryl methyl sites for hydroxylation is 1. The van der Waals surface area contributed by atoms with Gasteiger partial charge in [-0.3, -0.25) is 4.79 Å². The third-order valence-electron chi connectivity index (χ3n) is 2.21. The van der Waals surface area contributed by atoms with Gasteiger partial charge in [-0.2, -0.15) is 0 Å². The van der Waals surface area contributed by atoms with Crippen LogP contribution in [0.25, 0.3) is 0 Å². The topological polar surface area (TPSA) is 17.1 Å². The summed E-state index contributed by atoms with van der Waals surface area (Å²) in [5.74, 6) is -0.356. The standard InChI is InChI=1S/C10H9FO/c1-6-2-3-8-7(4-6)5-9(11)10(8)12/h2-4,9H,5H2,1H3/t9-/m1/s1. The van der Waals surface area contributed by atoms with Crippen LogP contribution in [0.15, 0.2) is 18.2 Å². The van der Waals surface area contributed by atoms with Crippen LogP contribution < -0.4 is 0 Å². The van der Waals surface area contributed by atoms with E-state index in [1.807, 2.05) is 19.1 Å². The van der Waals surface area contributed by atoms with E-state index in [1.165, 1.54) is 0 Å². The molecule has 0 saturated heterocycles. The molecule has 12 heavy (non-hydrogen) atoms. The van der Waals surface area contributed by atoms with Gasteiger partial charge in [0.2, 0.25) is 0 Å². The van der Waals surface area contributed by atoms with Gasteiger partial charge < -0.3 is 0 Å². The van der Waals surface area contributed by atoms with Crippen LogP contribution in [0.2, 0.25) is 0 Å². The van der Waals surface area contributed by atoms with Crippen molar-refractivity contribution in [1.82, 2.24) is 0 Å². The molecular formula is C10H9FO. The van der Waals surface area contributed by atoms with Crippen molar-refractivity contribution in [3.05, 3.63) is 34.9 Å². The lowest BCUT2D eigenvalue weighted by molar-refractivity contribution is 0.0899. The highest BCUT2D eigenvalue weighted by molar-refractivity contribution is 6.03. The van der Waals surface area contributed by atoms with Crippen LogP contribution >= 0.6 is 0 Å². The van der Waals surface area contributed by atoms with Crippen LogP contribution in [0.4, 0.5) is 4.39 Å². The number of carbonyl (C=O) groups is 1. The number of carbonyl (C=O) groups excluding carboxylic acids is 1. The second-order valence-corrected chi connectivity index (χ2v) is 3.20. The summed E-state index contributed by atoms with van der Waals surface area (Å²) >= 11 is 0. The molecular weight excluding hydrogens is 155 g/mol. The predicted molar refractivity (Wildman–Crippen MR) is 44.1 cm³/mol. The lowest BCUT2D eigenvalue weighted by Crippen LogP contribution is -2.07. The van der Waals surface area contributed by atoms with Gasteiger partial charge in [-0.25, -0.2) is 4.39 Å². The number of rotatable bonds is 0. The first kappa shape index (κ1) is 7.47. The fraction of sp³-hybridized carbons (Fsp3) is 0.300. The van der Waals surface area contributed by atoms with Gasteiger partial charge in [0.05, 0.1) is 0 Å². The van der Waals surface area contributed by atoms with Gasteiger partial charge in [0.1, 0.15) is 0 Å². The Morgan fingerprint density at radius 2 is 2.25 bits per heavy atom. The van der Waals surface area contributed by atoms with E-state index in [9.17, 15) is 9.18 Å². The Labute approximate surface area is 70.2 Å². The van der Waals surface area contributed by atoms with Crippen molar-refractivity contribution in [2.24, 2.45) is 0 Å². The smallest absolute Gasteiger partial charge is 0.197 e. The van der Waals surface area contributed by atoms with E-state index in [-0.39, 0.29) is 12.2 Å². The minimum atomic E-state index is -1.30. The molecule has 0 bridgehead atoms. The molecule has 1 nitrogen and oxygen atoms in total. The molecule has 0 aliphatic heterocycles. The second-order valence-electron chi connectivity index (χ2n) is 3.20. The molecule has 2 heteroatoms. The summed E-state index contributed by atoms with van der Waals surface area (Å²) < 4.78 is 12.9. The van der Waals surface area contributed by atoms with Crippen molar-refractivity contribution in [1.29, 1.82) is 0 Å².